The maximum atomic E-state index is 11.7. The first-order valence-corrected chi connectivity index (χ1v) is 11.2. The minimum absolute atomic E-state index is 0.0515. The summed E-state index contributed by atoms with van der Waals surface area (Å²) >= 11 is 0. The van der Waals surface area contributed by atoms with Crippen molar-refractivity contribution in [2.45, 2.75) is 31.7 Å². The molecular formula is C25H31N5O2. The summed E-state index contributed by atoms with van der Waals surface area (Å²) in [5.41, 5.74) is 3.67. The average molecular weight is 434 g/mol. The molecule has 0 aliphatic heterocycles. The van der Waals surface area contributed by atoms with Crippen LogP contribution in [0.2, 0.25) is 0 Å². The van der Waals surface area contributed by atoms with Gasteiger partial charge in [-0.3, -0.25) is 9.79 Å². The highest BCUT2D eigenvalue weighted by Crippen LogP contribution is 2.19. The van der Waals surface area contributed by atoms with E-state index in [2.05, 4.69) is 50.3 Å². The van der Waals surface area contributed by atoms with Gasteiger partial charge in [0.05, 0.1) is 0 Å². The third-order valence-corrected chi connectivity index (χ3v) is 5.53. The van der Waals surface area contributed by atoms with Gasteiger partial charge in [-0.05, 0) is 55.0 Å². The predicted molar refractivity (Wildman–Crippen MR) is 128 cm³/mol. The number of amides is 1. The van der Waals surface area contributed by atoms with Crippen LogP contribution in [0, 0.1) is 0 Å². The van der Waals surface area contributed by atoms with E-state index in [1.807, 2.05) is 30.3 Å². The first-order valence-electron chi connectivity index (χ1n) is 11.2. The molecule has 32 heavy (non-hydrogen) atoms. The average Bonchev–Trinajstić information content (AvgIpc) is 3.54. The fourth-order valence-corrected chi connectivity index (χ4v) is 3.60. The standard InChI is InChI=1S/C25H31N5O2/c1-26-25(28-15-13-19-16-29-23-5-3-2-4-22(19)23)27-14-12-18-6-10-21(11-7-18)32-17-24(31)30-20-8-9-20/h2-7,10-11,16,20,29H,8-9,12-15,17H2,1H3,(H,30,31)(H2,26,27,28). The molecule has 1 fully saturated rings. The Labute approximate surface area is 188 Å². The van der Waals surface area contributed by atoms with Crippen LogP contribution >= 0.6 is 0 Å². The lowest BCUT2D eigenvalue weighted by Crippen LogP contribution is -2.39. The van der Waals surface area contributed by atoms with Crippen LogP contribution in [0.5, 0.6) is 5.75 Å². The SMILES string of the molecule is CN=C(NCCc1ccc(OCC(=O)NC2CC2)cc1)NCCc1c[nH]c2ccccc12. The van der Waals surface area contributed by atoms with Gasteiger partial charge in [-0.1, -0.05) is 30.3 Å². The Morgan fingerprint density at radius 3 is 2.56 bits per heavy atom. The predicted octanol–water partition coefficient (Wildman–Crippen LogP) is 2.78. The number of fused-ring (bicyclic) bond motifs is 1. The fourth-order valence-electron chi connectivity index (χ4n) is 3.60. The van der Waals surface area contributed by atoms with Crippen LogP contribution in [0.4, 0.5) is 0 Å². The largest absolute Gasteiger partial charge is 0.484 e. The molecule has 1 saturated carbocycles. The Balaban J connectivity index is 1.14. The topological polar surface area (TPSA) is 90.5 Å². The number of carbonyl (C=O) groups excluding carboxylic acids is 1. The maximum absolute atomic E-state index is 11.7. The zero-order chi connectivity index (χ0) is 22.2. The Morgan fingerprint density at radius 2 is 1.81 bits per heavy atom. The summed E-state index contributed by atoms with van der Waals surface area (Å²) in [6, 6.07) is 16.6. The number of hydrogen-bond acceptors (Lipinski definition) is 3. The number of carbonyl (C=O) groups is 1. The van der Waals surface area contributed by atoms with Crippen LogP contribution in [0.25, 0.3) is 10.9 Å². The zero-order valence-corrected chi connectivity index (χ0v) is 18.5. The van der Waals surface area contributed by atoms with Crippen molar-refractivity contribution in [3.05, 3.63) is 65.9 Å². The Hall–Kier alpha value is -3.48. The summed E-state index contributed by atoms with van der Waals surface area (Å²) in [5.74, 6) is 1.46. The number of aromatic amines is 1. The number of aromatic nitrogens is 1. The number of nitrogens with one attached hydrogen (secondary N) is 4. The van der Waals surface area contributed by atoms with Gasteiger partial charge in [-0.2, -0.15) is 0 Å². The molecule has 1 amide bonds. The van der Waals surface area contributed by atoms with Crippen molar-refractivity contribution in [2.24, 2.45) is 4.99 Å². The van der Waals surface area contributed by atoms with E-state index >= 15 is 0 Å². The summed E-state index contributed by atoms with van der Waals surface area (Å²) in [7, 11) is 1.78. The van der Waals surface area contributed by atoms with Crippen molar-refractivity contribution in [1.29, 1.82) is 0 Å². The number of rotatable bonds is 10. The molecule has 7 heteroatoms. The first kappa shape index (κ1) is 21.7. The van der Waals surface area contributed by atoms with Gasteiger partial charge in [0.15, 0.2) is 12.6 Å². The molecule has 4 N–H and O–H groups in total. The molecule has 1 aromatic heterocycles. The van der Waals surface area contributed by atoms with Gasteiger partial charge in [0.25, 0.3) is 5.91 Å². The van der Waals surface area contributed by atoms with Crippen LogP contribution in [0.1, 0.15) is 24.0 Å². The molecule has 1 aliphatic rings. The monoisotopic (exact) mass is 433 g/mol. The highest BCUT2D eigenvalue weighted by atomic mass is 16.5. The Kier molecular flexibility index (Phi) is 7.27. The van der Waals surface area contributed by atoms with Crippen molar-refractivity contribution >= 4 is 22.8 Å². The van der Waals surface area contributed by atoms with E-state index in [-0.39, 0.29) is 12.5 Å². The molecule has 168 valence electrons. The van der Waals surface area contributed by atoms with Crippen molar-refractivity contribution in [1.82, 2.24) is 20.9 Å². The van der Waals surface area contributed by atoms with E-state index in [1.165, 1.54) is 22.0 Å². The van der Waals surface area contributed by atoms with Crippen molar-refractivity contribution < 1.29 is 9.53 Å². The van der Waals surface area contributed by atoms with E-state index in [0.717, 1.165) is 44.7 Å². The lowest BCUT2D eigenvalue weighted by atomic mass is 10.1. The summed E-state index contributed by atoms with van der Waals surface area (Å²) in [5, 5.41) is 10.9. The van der Waals surface area contributed by atoms with E-state index in [4.69, 9.17) is 4.74 Å². The minimum atomic E-state index is -0.0515. The number of para-hydroxylation sites is 1. The molecule has 4 rings (SSSR count). The molecule has 0 radical (unpaired) electrons. The number of nitrogens with zero attached hydrogens (tertiary/aromatic N) is 1. The van der Waals surface area contributed by atoms with Crippen LogP contribution in [0.15, 0.2) is 59.7 Å². The molecule has 2 aromatic carbocycles. The van der Waals surface area contributed by atoms with Crippen molar-refractivity contribution in [3.8, 4) is 5.75 Å². The molecule has 0 spiro atoms. The normalized spacial score (nSPS) is 13.7. The van der Waals surface area contributed by atoms with E-state index in [1.54, 1.807) is 7.05 Å². The highest BCUT2D eigenvalue weighted by Gasteiger charge is 2.23. The van der Waals surface area contributed by atoms with Crippen LogP contribution < -0.4 is 20.7 Å². The number of H-pyrrole nitrogens is 1. The molecule has 0 saturated heterocycles. The minimum Gasteiger partial charge on any atom is -0.484 e. The number of ether oxygens (including phenoxy) is 1. The van der Waals surface area contributed by atoms with Gasteiger partial charge in [0.2, 0.25) is 0 Å². The molecule has 0 bridgehead atoms. The Morgan fingerprint density at radius 1 is 1.06 bits per heavy atom. The van der Waals surface area contributed by atoms with E-state index in [0.29, 0.717) is 11.8 Å². The number of benzene rings is 2. The van der Waals surface area contributed by atoms with Gasteiger partial charge in [0, 0.05) is 43.3 Å². The summed E-state index contributed by atoms with van der Waals surface area (Å²) in [6.07, 6.45) is 6.03. The summed E-state index contributed by atoms with van der Waals surface area (Å²) < 4.78 is 5.55. The fraction of sp³-hybridized carbons (Fsp3) is 0.360. The van der Waals surface area contributed by atoms with Gasteiger partial charge in [-0.15, -0.1) is 0 Å². The van der Waals surface area contributed by atoms with Gasteiger partial charge < -0.3 is 25.7 Å². The number of aliphatic imine (C=N–C) groups is 1. The number of guanidine groups is 1. The number of hydrogen-bond donors (Lipinski definition) is 4. The second-order valence-corrected chi connectivity index (χ2v) is 8.06. The molecule has 1 aliphatic carbocycles. The maximum Gasteiger partial charge on any atom is 0.258 e. The quantitative estimate of drug-likeness (QED) is 0.292. The Bertz CT molecular complexity index is 1050. The first-order chi connectivity index (χ1) is 15.7. The second kappa shape index (κ2) is 10.7. The van der Waals surface area contributed by atoms with E-state index < -0.39 is 0 Å². The molecule has 0 atom stereocenters. The molecule has 3 aromatic rings. The third-order valence-electron chi connectivity index (χ3n) is 5.53. The van der Waals surface area contributed by atoms with Crippen LogP contribution in [-0.2, 0) is 17.6 Å². The van der Waals surface area contributed by atoms with Crippen molar-refractivity contribution in [3.63, 3.8) is 0 Å². The third kappa shape index (κ3) is 6.26. The smallest absolute Gasteiger partial charge is 0.258 e. The van der Waals surface area contributed by atoms with Crippen LogP contribution in [-0.4, -0.2) is 49.6 Å². The van der Waals surface area contributed by atoms with Gasteiger partial charge in [-0.25, -0.2) is 0 Å². The molecule has 0 unspecified atom stereocenters. The van der Waals surface area contributed by atoms with E-state index in [9.17, 15) is 4.79 Å². The molecular weight excluding hydrogens is 402 g/mol. The molecule has 1 heterocycles. The van der Waals surface area contributed by atoms with Crippen LogP contribution in [0.3, 0.4) is 0 Å². The van der Waals surface area contributed by atoms with Gasteiger partial charge >= 0.3 is 0 Å². The van der Waals surface area contributed by atoms with Crippen molar-refractivity contribution in [2.75, 3.05) is 26.7 Å². The lowest BCUT2D eigenvalue weighted by molar-refractivity contribution is -0.123. The summed E-state index contributed by atoms with van der Waals surface area (Å²) in [6.45, 7) is 1.65. The molecule has 7 nitrogen and oxygen atoms in total. The second-order valence-electron chi connectivity index (χ2n) is 8.06. The zero-order valence-electron chi connectivity index (χ0n) is 18.5. The summed E-state index contributed by atoms with van der Waals surface area (Å²) in [4.78, 5) is 19.3. The lowest BCUT2D eigenvalue weighted by Gasteiger charge is -2.12. The highest BCUT2D eigenvalue weighted by molar-refractivity contribution is 5.83. The van der Waals surface area contributed by atoms with Gasteiger partial charge in [0.1, 0.15) is 5.75 Å².